The molecule has 1 unspecified atom stereocenters. The summed E-state index contributed by atoms with van der Waals surface area (Å²) in [7, 11) is 0. The Morgan fingerprint density at radius 1 is 0.885 bits per heavy atom. The lowest BCUT2D eigenvalue weighted by molar-refractivity contribution is 0.314. The molecule has 3 nitrogen and oxygen atoms in total. The summed E-state index contributed by atoms with van der Waals surface area (Å²) in [5, 5.41) is 0. The monoisotopic (exact) mass is 342 g/mol. The molecule has 0 amide bonds. The maximum absolute atomic E-state index is 5.78. The normalized spacial score (nSPS) is 16.4. The summed E-state index contributed by atoms with van der Waals surface area (Å²) in [6, 6.07) is 27.4. The van der Waals surface area contributed by atoms with E-state index in [1.807, 2.05) is 24.3 Å². The molecule has 0 fully saturated rings. The first-order valence-electron chi connectivity index (χ1n) is 9.13. The summed E-state index contributed by atoms with van der Waals surface area (Å²) < 4.78 is 5.78. The van der Waals surface area contributed by atoms with E-state index < -0.39 is 0 Å². The quantitative estimate of drug-likeness (QED) is 0.666. The van der Waals surface area contributed by atoms with Crippen LogP contribution in [-0.2, 0) is 4.74 Å². The van der Waals surface area contributed by atoms with Crippen molar-refractivity contribution in [3.8, 4) is 0 Å². The van der Waals surface area contributed by atoms with E-state index in [-0.39, 0.29) is 12.0 Å². The van der Waals surface area contributed by atoms with Crippen LogP contribution in [0.15, 0.2) is 83.9 Å². The third kappa shape index (κ3) is 3.38. The largest absolute Gasteiger partial charge is 0.474 e. The van der Waals surface area contributed by atoms with Crippen molar-refractivity contribution in [2.75, 3.05) is 6.61 Å². The van der Waals surface area contributed by atoms with Gasteiger partial charge in [0.05, 0.1) is 17.7 Å². The van der Waals surface area contributed by atoms with Gasteiger partial charge in [-0.3, -0.25) is 0 Å². The second-order valence-corrected chi connectivity index (χ2v) is 6.51. The molecule has 0 aliphatic carbocycles. The van der Waals surface area contributed by atoms with Crippen LogP contribution < -0.4 is 0 Å². The summed E-state index contributed by atoms with van der Waals surface area (Å²) >= 11 is 0. The third-order valence-corrected chi connectivity index (χ3v) is 4.73. The average molecular weight is 342 g/mol. The summed E-state index contributed by atoms with van der Waals surface area (Å²) in [5.74, 6) is 0.750. The molecule has 0 saturated heterocycles. The minimum Gasteiger partial charge on any atom is -0.474 e. The van der Waals surface area contributed by atoms with Crippen molar-refractivity contribution in [2.24, 2.45) is 4.99 Å². The average Bonchev–Trinajstić information content (AvgIpc) is 3.20. The van der Waals surface area contributed by atoms with Gasteiger partial charge in [0.25, 0.3) is 0 Å². The van der Waals surface area contributed by atoms with E-state index in [1.54, 1.807) is 0 Å². The molecule has 4 rings (SSSR count). The van der Waals surface area contributed by atoms with Crippen LogP contribution in [0.25, 0.3) is 0 Å². The molecule has 1 aliphatic heterocycles. The molecule has 26 heavy (non-hydrogen) atoms. The van der Waals surface area contributed by atoms with Crippen molar-refractivity contribution in [2.45, 2.75) is 25.3 Å². The predicted molar refractivity (Wildman–Crippen MR) is 105 cm³/mol. The molecule has 1 aromatic heterocycles. The van der Waals surface area contributed by atoms with E-state index in [1.165, 1.54) is 11.1 Å². The van der Waals surface area contributed by atoms with Crippen LogP contribution in [0.4, 0.5) is 0 Å². The second-order valence-electron chi connectivity index (χ2n) is 6.51. The SMILES string of the molecule is CCC1COC(c2cccc(C(c3ccccc3)c3ccccc3)n2)=N1. The number of ether oxygens (including phenoxy) is 1. The zero-order valence-electron chi connectivity index (χ0n) is 14.9. The van der Waals surface area contributed by atoms with Crippen LogP contribution in [0, 0.1) is 0 Å². The third-order valence-electron chi connectivity index (χ3n) is 4.73. The highest BCUT2D eigenvalue weighted by atomic mass is 16.5. The zero-order valence-corrected chi connectivity index (χ0v) is 14.9. The van der Waals surface area contributed by atoms with E-state index in [0.29, 0.717) is 12.5 Å². The minimum atomic E-state index is 0.0846. The number of hydrogen-bond acceptors (Lipinski definition) is 3. The lowest BCUT2D eigenvalue weighted by atomic mass is 9.88. The van der Waals surface area contributed by atoms with Gasteiger partial charge in [0.1, 0.15) is 12.3 Å². The van der Waals surface area contributed by atoms with Gasteiger partial charge in [-0.1, -0.05) is 73.7 Å². The highest BCUT2D eigenvalue weighted by Gasteiger charge is 2.22. The first kappa shape index (κ1) is 16.5. The van der Waals surface area contributed by atoms with Crippen molar-refractivity contribution in [1.82, 2.24) is 4.98 Å². The zero-order chi connectivity index (χ0) is 17.8. The lowest BCUT2D eigenvalue weighted by Crippen LogP contribution is -2.10. The van der Waals surface area contributed by atoms with Crippen molar-refractivity contribution in [3.05, 3.63) is 101 Å². The molecule has 0 N–H and O–H groups in total. The van der Waals surface area contributed by atoms with Crippen LogP contribution in [0.3, 0.4) is 0 Å². The highest BCUT2D eigenvalue weighted by Crippen LogP contribution is 2.30. The van der Waals surface area contributed by atoms with E-state index in [0.717, 1.165) is 17.8 Å². The van der Waals surface area contributed by atoms with E-state index in [9.17, 15) is 0 Å². The molecular weight excluding hydrogens is 320 g/mol. The van der Waals surface area contributed by atoms with Gasteiger partial charge in [0.2, 0.25) is 5.90 Å². The molecule has 2 aromatic carbocycles. The predicted octanol–water partition coefficient (Wildman–Crippen LogP) is 4.82. The topological polar surface area (TPSA) is 34.5 Å². The molecule has 0 spiro atoms. The fourth-order valence-electron chi connectivity index (χ4n) is 3.32. The van der Waals surface area contributed by atoms with Crippen molar-refractivity contribution in [1.29, 1.82) is 0 Å². The number of rotatable bonds is 5. The van der Waals surface area contributed by atoms with Crippen LogP contribution in [0.1, 0.15) is 41.8 Å². The Kier molecular flexibility index (Phi) is 4.78. The maximum atomic E-state index is 5.78. The Morgan fingerprint density at radius 2 is 1.54 bits per heavy atom. The Labute approximate surface area is 154 Å². The minimum absolute atomic E-state index is 0.0846. The van der Waals surface area contributed by atoms with Crippen LogP contribution >= 0.6 is 0 Å². The number of benzene rings is 2. The molecule has 2 heterocycles. The number of aliphatic imine (C=N–C) groups is 1. The van der Waals surface area contributed by atoms with Gasteiger partial charge in [-0.05, 0) is 29.7 Å². The molecule has 3 aromatic rings. The Morgan fingerprint density at radius 3 is 2.12 bits per heavy atom. The van der Waals surface area contributed by atoms with E-state index >= 15 is 0 Å². The summed E-state index contributed by atoms with van der Waals surface area (Å²) in [6.45, 7) is 2.78. The number of pyridine rings is 1. The van der Waals surface area contributed by atoms with Gasteiger partial charge in [-0.2, -0.15) is 0 Å². The molecule has 130 valence electrons. The highest BCUT2D eigenvalue weighted by molar-refractivity contribution is 5.93. The van der Waals surface area contributed by atoms with E-state index in [4.69, 9.17) is 9.72 Å². The van der Waals surface area contributed by atoms with Crippen LogP contribution in [0.2, 0.25) is 0 Å². The fourth-order valence-corrected chi connectivity index (χ4v) is 3.32. The molecule has 3 heteroatoms. The van der Waals surface area contributed by atoms with Gasteiger partial charge >= 0.3 is 0 Å². The number of nitrogens with zero attached hydrogens (tertiary/aromatic N) is 2. The van der Waals surface area contributed by atoms with Gasteiger partial charge in [0, 0.05) is 0 Å². The molecule has 0 radical (unpaired) electrons. The molecule has 1 atom stereocenters. The Balaban J connectivity index is 1.76. The van der Waals surface area contributed by atoms with Crippen molar-refractivity contribution in [3.63, 3.8) is 0 Å². The van der Waals surface area contributed by atoms with E-state index in [2.05, 4.69) is 66.5 Å². The second kappa shape index (κ2) is 7.52. The smallest absolute Gasteiger partial charge is 0.235 e. The van der Waals surface area contributed by atoms with Gasteiger partial charge < -0.3 is 4.74 Å². The van der Waals surface area contributed by atoms with Gasteiger partial charge in [0.15, 0.2) is 0 Å². The summed E-state index contributed by atoms with van der Waals surface area (Å²) in [5.41, 5.74) is 4.27. The first-order chi connectivity index (χ1) is 12.8. The standard InChI is InChI=1S/C23H22N2O/c1-2-19-16-26-23(24-19)21-15-9-14-20(25-21)22(17-10-5-3-6-11-17)18-12-7-4-8-13-18/h3-15,19,22H,2,16H2,1H3. The maximum Gasteiger partial charge on any atom is 0.235 e. The molecule has 1 aliphatic rings. The summed E-state index contributed by atoms with van der Waals surface area (Å²) in [6.07, 6.45) is 0.986. The van der Waals surface area contributed by atoms with Crippen molar-refractivity contribution < 1.29 is 4.74 Å². The Hall–Kier alpha value is -2.94. The van der Waals surface area contributed by atoms with Crippen LogP contribution in [0.5, 0.6) is 0 Å². The molecule has 0 saturated carbocycles. The fraction of sp³-hybridized carbons (Fsp3) is 0.217. The number of aromatic nitrogens is 1. The van der Waals surface area contributed by atoms with Crippen molar-refractivity contribution >= 4 is 5.90 Å². The lowest BCUT2D eigenvalue weighted by Gasteiger charge is -2.18. The molecular formula is C23H22N2O. The van der Waals surface area contributed by atoms with Gasteiger partial charge in [-0.25, -0.2) is 9.98 Å². The molecule has 0 bridgehead atoms. The van der Waals surface area contributed by atoms with Crippen LogP contribution in [-0.4, -0.2) is 23.5 Å². The Bertz CT molecular complexity index is 851. The van der Waals surface area contributed by atoms with Gasteiger partial charge in [-0.15, -0.1) is 0 Å². The number of hydrogen-bond donors (Lipinski definition) is 0. The summed E-state index contributed by atoms with van der Waals surface area (Å²) in [4.78, 5) is 9.58. The first-order valence-corrected chi connectivity index (χ1v) is 9.13.